The van der Waals surface area contributed by atoms with Gasteiger partial charge in [-0.2, -0.15) is 0 Å². The van der Waals surface area contributed by atoms with Crippen molar-refractivity contribution in [3.05, 3.63) is 88.7 Å². The molecule has 3 aromatic carbocycles. The van der Waals surface area contributed by atoms with Crippen LogP contribution in [0, 0.1) is 0 Å². The lowest BCUT2D eigenvalue weighted by Crippen LogP contribution is -2.46. The molecule has 0 bridgehead atoms. The van der Waals surface area contributed by atoms with Crippen LogP contribution in [0.25, 0.3) is 22.2 Å². The largest absolute Gasteiger partial charge is 0.417 e. The molecule has 1 saturated heterocycles. The molecule has 2 heterocycles. The van der Waals surface area contributed by atoms with Gasteiger partial charge in [0.15, 0.2) is 5.58 Å². The fraction of sp³-hybridized carbons (Fsp3) is 0.208. The number of fused-ring (bicyclic) bond motifs is 1. The van der Waals surface area contributed by atoms with Crippen molar-refractivity contribution in [1.82, 2.24) is 9.88 Å². The van der Waals surface area contributed by atoms with Gasteiger partial charge in [0, 0.05) is 38.0 Å². The first-order chi connectivity index (χ1) is 21.0. The predicted octanol–water partition coefficient (Wildman–Crippen LogP) is 4.11. The van der Waals surface area contributed by atoms with Crippen LogP contribution in [0.1, 0.15) is 28.9 Å². The minimum Gasteiger partial charge on any atom is -0.406 e. The van der Waals surface area contributed by atoms with Crippen molar-refractivity contribution in [2.45, 2.75) is 6.54 Å². The summed E-state index contributed by atoms with van der Waals surface area (Å²) in [6, 6.07) is -3.97. The number of nitrogens with zero attached hydrogens (tertiary/aromatic N) is 2. The van der Waals surface area contributed by atoms with Gasteiger partial charge in [0.2, 0.25) is 0 Å². The van der Waals surface area contributed by atoms with E-state index in [1.165, 1.54) is 12.1 Å². The first-order valence-electron chi connectivity index (χ1n) is 16.9. The molecule has 0 spiro atoms. The summed E-state index contributed by atoms with van der Waals surface area (Å²) in [7, 11) is 0. The molecule has 5 heteroatoms. The first-order valence-corrected chi connectivity index (χ1v) is 8.39. The van der Waals surface area contributed by atoms with Gasteiger partial charge in [-0.1, -0.05) is 54.4 Å². The van der Waals surface area contributed by atoms with Crippen molar-refractivity contribution in [2.24, 2.45) is 0 Å². The van der Waals surface area contributed by atoms with Gasteiger partial charge >= 0.3 is 5.76 Å². The van der Waals surface area contributed by atoms with E-state index in [4.69, 9.17) is 27.7 Å². The van der Waals surface area contributed by atoms with Crippen molar-refractivity contribution in [3.8, 4) is 11.1 Å². The molecule has 4 aromatic rings. The van der Waals surface area contributed by atoms with E-state index < -0.39 is 115 Å². The van der Waals surface area contributed by atoms with Gasteiger partial charge in [0.1, 0.15) is 0 Å². The number of benzene rings is 3. The Labute approximate surface area is 193 Å². The van der Waals surface area contributed by atoms with E-state index in [0.717, 1.165) is 6.07 Å². The van der Waals surface area contributed by atoms with E-state index in [-0.39, 0.29) is 20.9 Å². The van der Waals surface area contributed by atoms with E-state index in [1.54, 1.807) is 0 Å². The van der Waals surface area contributed by atoms with Crippen LogP contribution in [0.3, 0.4) is 0 Å². The highest BCUT2D eigenvalue weighted by Crippen LogP contribution is 2.26. The van der Waals surface area contributed by atoms with Crippen molar-refractivity contribution in [1.29, 1.82) is 0 Å². The molecule has 1 aliphatic rings. The first kappa shape index (κ1) is 7.18. The van der Waals surface area contributed by atoms with Crippen molar-refractivity contribution in [3.63, 3.8) is 0 Å². The number of H-pyrrole nitrogens is 1. The highest BCUT2D eigenvalue weighted by atomic mass is 16.4. The van der Waals surface area contributed by atoms with Gasteiger partial charge in [0.25, 0.3) is 0 Å². The number of hydrogen-bond donors (Lipinski definition) is 1. The summed E-state index contributed by atoms with van der Waals surface area (Å²) >= 11 is 0. The van der Waals surface area contributed by atoms with Crippen LogP contribution in [-0.4, -0.2) is 35.9 Å². The van der Waals surface area contributed by atoms with Crippen LogP contribution in [0.4, 0.5) is 5.69 Å². The monoisotopic (exact) mass is 402 g/mol. The Balaban J connectivity index is 1.74. The average Bonchev–Trinajstić information content (AvgIpc) is 3.35. The summed E-state index contributed by atoms with van der Waals surface area (Å²) in [5, 5.41) is 0. The predicted molar refractivity (Wildman–Crippen MR) is 116 cm³/mol. The number of oxazole rings is 1. The Morgan fingerprint density at radius 3 is 2.62 bits per heavy atom. The van der Waals surface area contributed by atoms with Gasteiger partial charge in [0.05, 0.1) is 29.0 Å². The lowest BCUT2D eigenvalue weighted by molar-refractivity contribution is 0.250. The van der Waals surface area contributed by atoms with Crippen LogP contribution in [0.2, 0.25) is 0 Å². The molecule has 0 saturated carbocycles. The molecule has 29 heavy (non-hydrogen) atoms. The third-order valence-corrected chi connectivity index (χ3v) is 4.00. The SMILES string of the molecule is [2H]c1c([2H])c([2H])c(-c2c([2H])c([2H])c([2H])c(CN3C([2H])([2H])C([2H])([2H])N(c4cccc5[nH]c(=O)oc45)C([2H])([2H])C3([2H])[2H])c2[2H])c([2H])c1[2H]. The van der Waals surface area contributed by atoms with E-state index in [0.29, 0.717) is 0 Å². The Bertz CT molecular complexity index is 1930. The molecule has 0 atom stereocenters. The minimum absolute atomic E-state index is 0.00557. The van der Waals surface area contributed by atoms with Crippen LogP contribution in [0.5, 0.6) is 0 Å². The summed E-state index contributed by atoms with van der Waals surface area (Å²) in [4.78, 5) is 14.5. The minimum atomic E-state index is -3.50. The fourth-order valence-electron chi connectivity index (χ4n) is 2.73. The van der Waals surface area contributed by atoms with Crippen molar-refractivity contribution >= 4 is 16.8 Å². The smallest absolute Gasteiger partial charge is 0.406 e. The molecule has 1 aromatic heterocycles. The number of para-hydroxylation sites is 1. The Kier molecular flexibility index (Phi) is 1.88. The van der Waals surface area contributed by atoms with Crippen LogP contribution in [0.15, 0.2) is 81.8 Å². The van der Waals surface area contributed by atoms with Gasteiger partial charge in [-0.05, 0) is 34.9 Å². The molecule has 1 N–H and O–H groups in total. The normalized spacial score (nSPS) is 30.5. The molecule has 1 aliphatic heterocycles. The van der Waals surface area contributed by atoms with Gasteiger partial charge in [-0.15, -0.1) is 0 Å². The summed E-state index contributed by atoms with van der Waals surface area (Å²) < 4.78 is 150. The molecule has 146 valence electrons. The zero-order valence-corrected chi connectivity index (χ0v) is 14.7. The number of rotatable bonds is 4. The Morgan fingerprint density at radius 1 is 1.00 bits per heavy atom. The van der Waals surface area contributed by atoms with Gasteiger partial charge in [-0.3, -0.25) is 9.88 Å². The molecule has 0 aliphatic carbocycles. The molecule has 0 radical (unpaired) electrons. The number of anilines is 1. The quantitative estimate of drug-likeness (QED) is 0.558. The van der Waals surface area contributed by atoms with E-state index in [1.807, 2.05) is 0 Å². The summed E-state index contributed by atoms with van der Waals surface area (Å²) in [6.07, 6.45) is 0. The van der Waals surface area contributed by atoms with Crippen molar-refractivity contribution < 1.29 is 27.7 Å². The molecule has 0 amide bonds. The van der Waals surface area contributed by atoms with Crippen LogP contribution >= 0.6 is 0 Å². The molecule has 5 rings (SSSR count). The van der Waals surface area contributed by atoms with Gasteiger partial charge in [-0.25, -0.2) is 4.79 Å². The second-order valence-corrected chi connectivity index (χ2v) is 5.89. The second-order valence-electron chi connectivity index (χ2n) is 5.89. The number of hydrogen-bond acceptors (Lipinski definition) is 4. The average molecular weight is 403 g/mol. The number of piperazine rings is 1. The van der Waals surface area contributed by atoms with Crippen LogP contribution < -0.4 is 10.7 Å². The summed E-state index contributed by atoms with van der Waals surface area (Å²) in [5.41, 5.74) is -2.96. The van der Waals surface area contributed by atoms with E-state index >= 15 is 0 Å². The number of aromatic nitrogens is 1. The summed E-state index contributed by atoms with van der Waals surface area (Å²) in [6.45, 7) is -15.2. The molecular weight excluding hydrogens is 362 g/mol. The Hall–Kier alpha value is -3.31. The third kappa shape index (κ3) is 3.69. The zero-order valence-electron chi connectivity index (χ0n) is 31.7. The Morgan fingerprint density at radius 2 is 1.79 bits per heavy atom. The fourth-order valence-corrected chi connectivity index (χ4v) is 2.73. The molecule has 5 nitrogen and oxygen atoms in total. The third-order valence-electron chi connectivity index (χ3n) is 4.00. The molecule has 0 unspecified atom stereocenters. The lowest BCUT2D eigenvalue weighted by atomic mass is 10.0. The molecular formula is C24H23N3O2. The zero-order chi connectivity index (χ0) is 34.6. The van der Waals surface area contributed by atoms with E-state index in [9.17, 15) is 4.79 Å². The number of nitrogens with one attached hydrogen (secondary N) is 1. The highest BCUT2D eigenvalue weighted by molar-refractivity contribution is 5.86. The molecule has 1 fully saturated rings. The topological polar surface area (TPSA) is 52.5 Å². The van der Waals surface area contributed by atoms with Crippen molar-refractivity contribution in [2.75, 3.05) is 30.9 Å². The number of aromatic amines is 1. The van der Waals surface area contributed by atoms with Gasteiger partial charge < -0.3 is 9.32 Å². The summed E-state index contributed by atoms with van der Waals surface area (Å²) in [5.74, 6) is -0.988. The van der Waals surface area contributed by atoms with E-state index in [2.05, 4.69) is 4.98 Å². The maximum absolute atomic E-state index is 11.9. The lowest BCUT2D eigenvalue weighted by Gasteiger charge is -2.36. The maximum atomic E-state index is 11.9. The highest BCUT2D eigenvalue weighted by Gasteiger charge is 2.20. The second kappa shape index (κ2) is 7.60. The maximum Gasteiger partial charge on any atom is 0.417 e. The van der Waals surface area contributed by atoms with Crippen LogP contribution in [-0.2, 0) is 6.54 Å². The standard InChI is InChI=1S/C24H23N3O2/c28-24-25-21-10-5-11-22(23(21)29-24)27-14-12-26(13-15-27)17-18-6-4-9-20(16-18)19-7-2-1-3-8-19/h1-11,16H,12-15,17H2,(H,25,28)/i1D,2D,3D,4D,6D,7D,8D,9D,12D2,13D2,14D2,15D2,16D.